The third-order valence-corrected chi connectivity index (χ3v) is 15.8. The molecule has 0 N–H and O–H groups in total. The summed E-state index contributed by atoms with van der Waals surface area (Å²) in [6, 6.07) is 52.6. The van der Waals surface area contributed by atoms with Gasteiger partial charge in [0.2, 0.25) is 0 Å². The van der Waals surface area contributed by atoms with E-state index in [1.165, 1.54) is 127 Å². The molecule has 2 aliphatic heterocycles. The van der Waals surface area contributed by atoms with Gasteiger partial charge in [-0.1, -0.05) is 198 Å². The SMILES string of the molecule is CC(C)(C)c1ccc(N2c3ccc(C(C)(C)C)cc3B3c4c2cc(C(C)(C)C)cc4-n2c4cc(C(C)(C)C)ccc4c4c5c(-c6ccccc6)c6ccccc6c(C6=CCCC=C6)c5cc3c42)cc1. The zero-order valence-corrected chi connectivity index (χ0v) is 42.8. The van der Waals surface area contributed by atoms with Gasteiger partial charge in [0, 0.05) is 38.9 Å². The fourth-order valence-electron chi connectivity index (χ4n) is 12.0. The summed E-state index contributed by atoms with van der Waals surface area (Å²) >= 11 is 0. The molecule has 9 aromatic rings. The summed E-state index contributed by atoms with van der Waals surface area (Å²) < 4.78 is 2.72. The smallest absolute Gasteiger partial charge is 0.252 e. The molecule has 3 heterocycles. The Morgan fingerprint density at radius 1 is 0.449 bits per heavy atom. The zero-order valence-electron chi connectivity index (χ0n) is 42.8. The number of aromatic nitrogens is 1. The summed E-state index contributed by atoms with van der Waals surface area (Å²) in [5, 5.41) is 7.94. The van der Waals surface area contributed by atoms with Crippen LogP contribution < -0.4 is 21.3 Å². The van der Waals surface area contributed by atoms with Gasteiger partial charge in [0.05, 0.1) is 11.0 Å². The van der Waals surface area contributed by atoms with Crippen LogP contribution in [-0.4, -0.2) is 11.3 Å². The second-order valence-corrected chi connectivity index (χ2v) is 24.5. The lowest BCUT2D eigenvalue weighted by Crippen LogP contribution is -2.60. The van der Waals surface area contributed by atoms with Gasteiger partial charge in [0.25, 0.3) is 6.71 Å². The molecule has 0 amide bonds. The summed E-state index contributed by atoms with van der Waals surface area (Å²) in [5.74, 6) is 0. The van der Waals surface area contributed by atoms with Crippen LogP contribution in [0.15, 0.2) is 152 Å². The molecule has 0 saturated carbocycles. The van der Waals surface area contributed by atoms with Crippen molar-refractivity contribution in [2.75, 3.05) is 4.90 Å². The first-order valence-electron chi connectivity index (χ1n) is 25.5. The maximum atomic E-state index is 2.72. The highest BCUT2D eigenvalue weighted by atomic mass is 15.2. The van der Waals surface area contributed by atoms with E-state index in [1.807, 2.05) is 0 Å². The Bertz CT molecular complexity index is 3680. The predicted molar refractivity (Wildman–Crippen MR) is 302 cm³/mol. The van der Waals surface area contributed by atoms with Crippen molar-refractivity contribution in [3.8, 4) is 16.8 Å². The van der Waals surface area contributed by atoms with Crippen LogP contribution in [0.2, 0.25) is 0 Å². The van der Waals surface area contributed by atoms with Crippen molar-refractivity contribution in [2.24, 2.45) is 0 Å². The Morgan fingerprint density at radius 3 is 1.71 bits per heavy atom. The maximum absolute atomic E-state index is 2.72. The number of fused-ring (bicyclic) bond motifs is 10. The first kappa shape index (κ1) is 43.7. The number of allylic oxidation sites excluding steroid dienone is 4. The van der Waals surface area contributed by atoms with Gasteiger partial charge in [-0.2, -0.15) is 0 Å². The molecule has 12 rings (SSSR count). The number of anilines is 3. The average Bonchev–Trinajstić information content (AvgIpc) is 3.66. The molecule has 0 spiro atoms. The highest BCUT2D eigenvalue weighted by Gasteiger charge is 2.44. The second kappa shape index (κ2) is 15.0. The average molecular weight is 897 g/mol. The maximum Gasteiger partial charge on any atom is 0.252 e. The van der Waals surface area contributed by atoms with E-state index < -0.39 is 0 Å². The fraction of sp³-hybridized carbons (Fsp3) is 0.273. The molecule has 3 heteroatoms. The molecule has 0 unspecified atom stereocenters. The summed E-state index contributed by atoms with van der Waals surface area (Å²) in [5.41, 5.74) is 22.2. The molecule has 3 aliphatic rings. The third kappa shape index (κ3) is 6.66. The van der Waals surface area contributed by atoms with E-state index in [4.69, 9.17) is 0 Å². The van der Waals surface area contributed by atoms with Crippen LogP contribution in [0.1, 0.15) is 124 Å². The van der Waals surface area contributed by atoms with Crippen LogP contribution in [0.4, 0.5) is 17.1 Å². The lowest BCUT2D eigenvalue weighted by molar-refractivity contribution is 0.589. The highest BCUT2D eigenvalue weighted by molar-refractivity contribution is 7.00. The molecule has 0 atom stereocenters. The summed E-state index contributed by atoms with van der Waals surface area (Å²) in [4.78, 5) is 2.61. The van der Waals surface area contributed by atoms with Crippen LogP contribution in [0, 0.1) is 0 Å². The predicted octanol–water partition coefficient (Wildman–Crippen LogP) is 16.3. The Morgan fingerprint density at radius 2 is 1.06 bits per heavy atom. The molecule has 0 fully saturated rings. The molecule has 8 aromatic carbocycles. The van der Waals surface area contributed by atoms with Crippen molar-refractivity contribution < 1.29 is 0 Å². The summed E-state index contributed by atoms with van der Waals surface area (Å²) in [6.45, 7) is 28.2. The van der Waals surface area contributed by atoms with Crippen molar-refractivity contribution in [1.82, 2.24) is 4.57 Å². The molecule has 1 aliphatic carbocycles. The molecule has 1 aromatic heterocycles. The first-order chi connectivity index (χ1) is 32.8. The molecular formula is C66H65BN2. The molecule has 69 heavy (non-hydrogen) atoms. The Kier molecular flexibility index (Phi) is 9.47. The molecular weight excluding hydrogens is 832 g/mol. The quantitative estimate of drug-likeness (QED) is 0.127. The topological polar surface area (TPSA) is 8.17 Å². The van der Waals surface area contributed by atoms with Gasteiger partial charge in [-0.15, -0.1) is 0 Å². The fourth-order valence-corrected chi connectivity index (χ4v) is 12.0. The van der Waals surface area contributed by atoms with Crippen LogP contribution in [0.3, 0.4) is 0 Å². The minimum Gasteiger partial charge on any atom is -0.311 e. The van der Waals surface area contributed by atoms with Gasteiger partial charge < -0.3 is 9.47 Å². The normalized spacial score (nSPS) is 14.8. The largest absolute Gasteiger partial charge is 0.311 e. The van der Waals surface area contributed by atoms with E-state index in [9.17, 15) is 0 Å². The van der Waals surface area contributed by atoms with Gasteiger partial charge in [-0.25, -0.2) is 0 Å². The minimum atomic E-state index is -0.114. The van der Waals surface area contributed by atoms with Crippen molar-refractivity contribution in [1.29, 1.82) is 0 Å². The molecule has 0 radical (unpaired) electrons. The monoisotopic (exact) mass is 897 g/mol. The van der Waals surface area contributed by atoms with Crippen LogP contribution in [-0.2, 0) is 21.7 Å². The zero-order chi connectivity index (χ0) is 48.1. The molecule has 2 nitrogen and oxygen atoms in total. The summed E-state index contributed by atoms with van der Waals surface area (Å²) in [7, 11) is 0. The third-order valence-electron chi connectivity index (χ3n) is 15.8. The van der Waals surface area contributed by atoms with Gasteiger partial charge in [0.1, 0.15) is 0 Å². The minimum absolute atomic E-state index is 0.0208. The van der Waals surface area contributed by atoms with Crippen LogP contribution in [0.25, 0.3) is 65.7 Å². The van der Waals surface area contributed by atoms with E-state index in [0.717, 1.165) is 12.8 Å². The number of nitrogens with zero attached hydrogens (tertiary/aromatic N) is 2. The van der Waals surface area contributed by atoms with Crippen molar-refractivity contribution >= 4 is 89.1 Å². The van der Waals surface area contributed by atoms with Gasteiger partial charge >= 0.3 is 0 Å². The van der Waals surface area contributed by atoms with Crippen molar-refractivity contribution in [2.45, 2.75) is 118 Å². The van der Waals surface area contributed by atoms with Crippen molar-refractivity contribution in [3.63, 3.8) is 0 Å². The van der Waals surface area contributed by atoms with E-state index in [-0.39, 0.29) is 28.4 Å². The standard InChI is InChI=1S/C66H65BN2/c1-63(2,3)42-27-31-46(32-28-42)68-53-34-30-43(64(4,5)6)35-51(53)67-52-39-50-57(40-21-15-13-16-22-40)47-25-19-20-26-48(47)58(41-23-17-14-18-24-41)59(50)60-49-33-29-44(65(7,8)9)36-54(49)69(62(52)60)56-38-45(66(10,11)12)37-55(68)61(56)67/h14-15,17-39H,13,16H2,1-12H3. The van der Waals surface area contributed by atoms with Crippen molar-refractivity contribution in [3.05, 3.63) is 180 Å². The number of hydrogen-bond acceptors (Lipinski definition) is 1. The molecule has 0 bridgehead atoms. The number of rotatable bonds is 3. The van der Waals surface area contributed by atoms with Gasteiger partial charge in [0.15, 0.2) is 0 Å². The lowest BCUT2D eigenvalue weighted by atomic mass is 9.33. The summed E-state index contributed by atoms with van der Waals surface area (Å²) in [6.07, 6.45) is 9.39. The van der Waals surface area contributed by atoms with E-state index in [2.05, 4.69) is 244 Å². The van der Waals surface area contributed by atoms with E-state index in [0.29, 0.717) is 0 Å². The Labute approximate surface area is 410 Å². The molecule has 0 saturated heterocycles. The number of hydrogen-bond donors (Lipinski definition) is 0. The van der Waals surface area contributed by atoms with Gasteiger partial charge in [-0.3, -0.25) is 0 Å². The van der Waals surface area contributed by atoms with Gasteiger partial charge in [-0.05, 0) is 148 Å². The van der Waals surface area contributed by atoms with Crippen LogP contribution >= 0.6 is 0 Å². The Balaban J connectivity index is 1.34. The van der Waals surface area contributed by atoms with E-state index in [1.54, 1.807) is 0 Å². The number of benzene rings is 8. The first-order valence-corrected chi connectivity index (χ1v) is 25.5. The molecule has 342 valence electrons. The Hall–Kier alpha value is -6.58. The van der Waals surface area contributed by atoms with E-state index >= 15 is 0 Å². The highest BCUT2D eigenvalue weighted by Crippen LogP contribution is 2.51. The lowest BCUT2D eigenvalue weighted by Gasteiger charge is -2.42. The second-order valence-electron chi connectivity index (χ2n) is 24.5. The van der Waals surface area contributed by atoms with Crippen LogP contribution in [0.5, 0.6) is 0 Å².